The molecule has 1 amide bonds. The summed E-state index contributed by atoms with van der Waals surface area (Å²) >= 11 is 6.91. The van der Waals surface area contributed by atoms with Crippen LogP contribution in [0.3, 0.4) is 0 Å². The number of halogens is 1. The number of nitrogens with zero attached hydrogens (tertiary/aromatic N) is 1. The Morgan fingerprint density at radius 1 is 1.36 bits per heavy atom. The van der Waals surface area contributed by atoms with Crippen molar-refractivity contribution in [1.82, 2.24) is 9.88 Å². The van der Waals surface area contributed by atoms with E-state index in [1.807, 2.05) is 13.8 Å². The molecule has 0 saturated carbocycles. The number of rotatable bonds is 5. The van der Waals surface area contributed by atoms with E-state index in [0.717, 1.165) is 21.9 Å². The maximum Gasteiger partial charge on any atom is 0.308 e. The molecule has 1 aromatic heterocycles. The molecule has 1 aromatic carbocycles. The number of aliphatic hydroxyl groups is 1. The first kappa shape index (κ1) is 16.7. The Morgan fingerprint density at radius 2 is 2.00 bits per heavy atom. The number of amides is 1. The van der Waals surface area contributed by atoms with Gasteiger partial charge in [0.2, 0.25) is 5.91 Å². The average Bonchev–Trinajstić information content (AvgIpc) is 2.72. The Kier molecular flexibility index (Phi) is 5.39. The molecule has 1 unspecified atom stereocenters. The number of aryl methyl sites for hydroxylation is 1. The van der Waals surface area contributed by atoms with Crippen molar-refractivity contribution in [3.63, 3.8) is 0 Å². The van der Waals surface area contributed by atoms with E-state index < -0.39 is 6.10 Å². The molecular formula is C15H17ClN2O3S. The highest BCUT2D eigenvalue weighted by atomic mass is 35.5. The average molecular weight is 341 g/mol. The lowest BCUT2D eigenvalue weighted by atomic mass is 10.1. The van der Waals surface area contributed by atoms with Crippen LogP contribution in [0.15, 0.2) is 29.1 Å². The van der Waals surface area contributed by atoms with Crippen molar-refractivity contribution in [3.8, 4) is 0 Å². The van der Waals surface area contributed by atoms with Gasteiger partial charge in [-0.3, -0.25) is 14.2 Å². The summed E-state index contributed by atoms with van der Waals surface area (Å²) in [6.45, 7) is 3.70. The third kappa shape index (κ3) is 3.97. The molecule has 7 heteroatoms. The van der Waals surface area contributed by atoms with E-state index in [4.69, 9.17) is 11.6 Å². The largest absolute Gasteiger partial charge is 0.387 e. The number of hydrogen-bond acceptors (Lipinski definition) is 4. The number of carbonyl (C=O) groups excluding carboxylic acids is 1. The zero-order valence-electron chi connectivity index (χ0n) is 12.3. The third-order valence-corrected chi connectivity index (χ3v) is 4.67. The summed E-state index contributed by atoms with van der Waals surface area (Å²) < 4.78 is 1.43. The molecule has 0 radical (unpaired) electrons. The van der Waals surface area contributed by atoms with Crippen LogP contribution < -0.4 is 10.2 Å². The summed E-state index contributed by atoms with van der Waals surface area (Å²) in [7, 11) is 0. The second-order valence-corrected chi connectivity index (χ2v) is 6.57. The lowest BCUT2D eigenvalue weighted by Crippen LogP contribution is -2.33. The smallest absolute Gasteiger partial charge is 0.308 e. The summed E-state index contributed by atoms with van der Waals surface area (Å²) in [6.07, 6.45) is -0.816. The Labute approximate surface area is 137 Å². The van der Waals surface area contributed by atoms with Gasteiger partial charge in [0.15, 0.2) is 0 Å². The molecule has 2 N–H and O–H groups in total. The SMILES string of the molecule is Cc1sc(=O)n(CC(=O)NCC(O)c2ccc(Cl)cc2)c1C. The highest BCUT2D eigenvalue weighted by molar-refractivity contribution is 7.09. The highest BCUT2D eigenvalue weighted by Gasteiger charge is 2.13. The van der Waals surface area contributed by atoms with Gasteiger partial charge in [-0.05, 0) is 31.5 Å². The predicted octanol–water partition coefficient (Wildman–Crippen LogP) is 2.03. The van der Waals surface area contributed by atoms with Gasteiger partial charge in [-0.2, -0.15) is 0 Å². The molecule has 0 bridgehead atoms. The van der Waals surface area contributed by atoms with E-state index in [2.05, 4.69) is 5.32 Å². The van der Waals surface area contributed by atoms with Crippen molar-refractivity contribution >= 4 is 28.8 Å². The quantitative estimate of drug-likeness (QED) is 0.874. The minimum absolute atomic E-state index is 0.0393. The van der Waals surface area contributed by atoms with Gasteiger partial charge in [0.1, 0.15) is 6.54 Å². The molecule has 0 saturated heterocycles. The molecule has 22 heavy (non-hydrogen) atoms. The fraction of sp³-hybridized carbons (Fsp3) is 0.333. The van der Waals surface area contributed by atoms with E-state index >= 15 is 0 Å². The van der Waals surface area contributed by atoms with Crippen LogP contribution in [0.5, 0.6) is 0 Å². The number of aliphatic hydroxyl groups excluding tert-OH is 1. The molecule has 0 aliphatic rings. The minimum atomic E-state index is -0.816. The lowest BCUT2D eigenvalue weighted by Gasteiger charge is -2.13. The zero-order valence-corrected chi connectivity index (χ0v) is 13.9. The highest BCUT2D eigenvalue weighted by Crippen LogP contribution is 2.15. The molecule has 0 aliphatic heterocycles. The Bertz CT molecular complexity index is 721. The molecule has 0 aliphatic carbocycles. The second-order valence-electron chi connectivity index (χ2n) is 4.97. The van der Waals surface area contributed by atoms with Crippen molar-refractivity contribution in [2.75, 3.05) is 6.54 Å². The van der Waals surface area contributed by atoms with Crippen LogP contribution in [0.4, 0.5) is 0 Å². The monoisotopic (exact) mass is 340 g/mol. The van der Waals surface area contributed by atoms with Crippen molar-refractivity contribution in [2.45, 2.75) is 26.5 Å². The number of carbonyl (C=O) groups is 1. The van der Waals surface area contributed by atoms with Crippen LogP contribution in [0, 0.1) is 13.8 Å². The van der Waals surface area contributed by atoms with Gasteiger partial charge in [0.25, 0.3) is 0 Å². The normalized spacial score (nSPS) is 12.2. The van der Waals surface area contributed by atoms with Crippen LogP contribution in [0.25, 0.3) is 0 Å². The van der Waals surface area contributed by atoms with Crippen LogP contribution in [0.1, 0.15) is 22.2 Å². The lowest BCUT2D eigenvalue weighted by molar-refractivity contribution is -0.122. The summed E-state index contributed by atoms with van der Waals surface area (Å²) in [6, 6.07) is 6.77. The van der Waals surface area contributed by atoms with Crippen LogP contribution >= 0.6 is 22.9 Å². The maximum absolute atomic E-state index is 11.9. The van der Waals surface area contributed by atoms with Gasteiger partial charge >= 0.3 is 4.87 Å². The Morgan fingerprint density at radius 3 is 2.55 bits per heavy atom. The molecule has 5 nitrogen and oxygen atoms in total. The first-order valence-corrected chi connectivity index (χ1v) is 7.95. The fourth-order valence-electron chi connectivity index (χ4n) is 1.98. The van der Waals surface area contributed by atoms with Crippen molar-refractivity contribution in [3.05, 3.63) is 55.1 Å². The third-order valence-electron chi connectivity index (χ3n) is 3.42. The van der Waals surface area contributed by atoms with Crippen LogP contribution in [-0.2, 0) is 11.3 Å². The van der Waals surface area contributed by atoms with E-state index in [1.165, 1.54) is 4.57 Å². The fourth-order valence-corrected chi connectivity index (χ4v) is 2.94. The molecule has 1 atom stereocenters. The van der Waals surface area contributed by atoms with E-state index in [1.54, 1.807) is 24.3 Å². The first-order valence-electron chi connectivity index (χ1n) is 6.75. The number of hydrogen-bond donors (Lipinski definition) is 2. The first-order chi connectivity index (χ1) is 10.4. The topological polar surface area (TPSA) is 71.3 Å². The van der Waals surface area contributed by atoms with Crippen molar-refractivity contribution in [2.24, 2.45) is 0 Å². The van der Waals surface area contributed by atoms with Gasteiger partial charge in [-0.1, -0.05) is 35.1 Å². The van der Waals surface area contributed by atoms with E-state index in [-0.39, 0.29) is 23.9 Å². The van der Waals surface area contributed by atoms with Gasteiger partial charge in [0, 0.05) is 22.1 Å². The van der Waals surface area contributed by atoms with E-state index in [0.29, 0.717) is 10.6 Å². The van der Waals surface area contributed by atoms with Crippen LogP contribution in [0.2, 0.25) is 5.02 Å². The molecule has 2 aromatic rings. The predicted molar refractivity (Wildman–Crippen MR) is 87.5 cm³/mol. The van der Waals surface area contributed by atoms with Gasteiger partial charge < -0.3 is 10.4 Å². The summed E-state index contributed by atoms with van der Waals surface area (Å²) in [4.78, 5) is 24.4. The molecule has 1 heterocycles. The second kappa shape index (κ2) is 7.09. The Balaban J connectivity index is 1.92. The molecular weight excluding hydrogens is 324 g/mol. The number of nitrogens with one attached hydrogen (secondary N) is 1. The maximum atomic E-state index is 11.9. The summed E-state index contributed by atoms with van der Waals surface area (Å²) in [5, 5.41) is 13.2. The van der Waals surface area contributed by atoms with Crippen LogP contribution in [-0.4, -0.2) is 22.1 Å². The van der Waals surface area contributed by atoms with Gasteiger partial charge in [-0.25, -0.2) is 0 Å². The van der Waals surface area contributed by atoms with Gasteiger partial charge in [0.05, 0.1) is 6.10 Å². The minimum Gasteiger partial charge on any atom is -0.387 e. The Hall–Kier alpha value is -1.63. The number of aromatic nitrogens is 1. The molecule has 2 rings (SSSR count). The summed E-state index contributed by atoms with van der Waals surface area (Å²) in [5.74, 6) is -0.309. The van der Waals surface area contributed by atoms with Crippen molar-refractivity contribution < 1.29 is 9.90 Å². The number of thiazole rings is 1. The van der Waals surface area contributed by atoms with Gasteiger partial charge in [-0.15, -0.1) is 0 Å². The molecule has 0 spiro atoms. The summed E-state index contributed by atoms with van der Waals surface area (Å²) in [5.41, 5.74) is 1.47. The number of benzene rings is 1. The standard InChI is InChI=1S/C15H17ClN2O3S/c1-9-10(2)22-15(21)18(9)8-14(20)17-7-13(19)11-3-5-12(16)6-4-11/h3-6,13,19H,7-8H2,1-2H3,(H,17,20). The van der Waals surface area contributed by atoms with E-state index in [9.17, 15) is 14.7 Å². The molecule has 0 fully saturated rings. The zero-order chi connectivity index (χ0) is 16.3. The molecule has 118 valence electrons. The van der Waals surface area contributed by atoms with Crippen molar-refractivity contribution in [1.29, 1.82) is 0 Å².